The van der Waals surface area contributed by atoms with Gasteiger partial charge in [0.1, 0.15) is 11.9 Å². The Morgan fingerprint density at radius 2 is 1.68 bits per heavy atom. The molecule has 2 aromatic carbocycles. The second-order valence-corrected chi connectivity index (χ2v) is 15.1. The Hall–Kier alpha value is -4.31. The van der Waals surface area contributed by atoms with Crippen molar-refractivity contribution < 1.29 is 27.8 Å². The van der Waals surface area contributed by atoms with Crippen LogP contribution < -0.4 is 4.74 Å². The number of halogens is 3. The Morgan fingerprint density at radius 3 is 2.26 bits per heavy atom. The number of benzene rings is 2. The van der Waals surface area contributed by atoms with Gasteiger partial charge in [0.25, 0.3) is 0 Å². The molecule has 3 aromatic heterocycles. The summed E-state index contributed by atoms with van der Waals surface area (Å²) in [7, 11) is 0. The summed E-state index contributed by atoms with van der Waals surface area (Å²) in [5.74, 6) is -0.205. The van der Waals surface area contributed by atoms with E-state index in [1.54, 1.807) is 31.8 Å². The lowest BCUT2D eigenvalue weighted by atomic mass is 9.88. The van der Waals surface area contributed by atoms with E-state index in [2.05, 4.69) is 35.3 Å². The van der Waals surface area contributed by atoms with Crippen LogP contribution in [-0.2, 0) is 23.9 Å². The largest absolute Gasteiger partial charge is 0.484 e. The quantitative estimate of drug-likeness (QED) is 0.150. The van der Waals surface area contributed by atoms with Crippen molar-refractivity contribution in [2.75, 3.05) is 0 Å². The number of aromatic nitrogens is 3. The molecule has 10 heteroatoms. The number of rotatable bonds is 10. The Labute approximate surface area is 277 Å². The van der Waals surface area contributed by atoms with Crippen molar-refractivity contribution in [3.63, 3.8) is 0 Å². The average Bonchev–Trinajstić information content (AvgIpc) is 3.26. The molecule has 0 bridgehead atoms. The average molecular weight is 662 g/mol. The van der Waals surface area contributed by atoms with E-state index in [1.165, 1.54) is 6.07 Å². The van der Waals surface area contributed by atoms with Crippen molar-refractivity contribution in [3.8, 4) is 17.0 Å². The Bertz CT molecular complexity index is 1860. The van der Waals surface area contributed by atoms with E-state index in [-0.39, 0.29) is 10.9 Å². The highest BCUT2D eigenvalue weighted by molar-refractivity contribution is 8.00. The van der Waals surface area contributed by atoms with E-state index < -0.39 is 23.1 Å². The number of alkyl halides is 3. The molecule has 0 aliphatic heterocycles. The van der Waals surface area contributed by atoms with Crippen molar-refractivity contribution in [1.82, 2.24) is 14.5 Å². The predicted molar refractivity (Wildman–Crippen MR) is 180 cm³/mol. The molecule has 0 aliphatic rings. The van der Waals surface area contributed by atoms with E-state index in [9.17, 15) is 23.1 Å². The molecule has 6 nitrogen and oxygen atoms in total. The summed E-state index contributed by atoms with van der Waals surface area (Å²) in [6, 6.07) is 21.6. The van der Waals surface area contributed by atoms with Gasteiger partial charge < -0.3 is 14.4 Å². The lowest BCUT2D eigenvalue weighted by Gasteiger charge is -2.24. The highest BCUT2D eigenvalue weighted by atomic mass is 32.2. The molecule has 246 valence electrons. The second-order valence-electron chi connectivity index (χ2n) is 13.3. The van der Waals surface area contributed by atoms with Gasteiger partial charge in [-0.2, -0.15) is 13.2 Å². The normalized spacial score (nSPS) is 13.1. The number of hydrogen-bond donors (Lipinski definition) is 1. The van der Waals surface area contributed by atoms with Gasteiger partial charge in [0.15, 0.2) is 0 Å². The number of thioether (sulfide) groups is 1. The van der Waals surface area contributed by atoms with Crippen LogP contribution in [0.4, 0.5) is 13.2 Å². The van der Waals surface area contributed by atoms with E-state index in [4.69, 9.17) is 4.74 Å². The minimum atomic E-state index is -4.45. The van der Waals surface area contributed by atoms with Gasteiger partial charge in [-0.25, -0.2) is 0 Å². The van der Waals surface area contributed by atoms with Crippen LogP contribution in [0.2, 0.25) is 0 Å². The minimum absolute atomic E-state index is 0.171. The third-order valence-corrected chi connectivity index (χ3v) is 9.06. The molecule has 5 aromatic rings. The monoisotopic (exact) mass is 661 g/mol. The smallest absolute Gasteiger partial charge is 0.417 e. The Kier molecular flexibility index (Phi) is 9.46. The topological polar surface area (TPSA) is 77.2 Å². The number of carboxylic acids is 1. The van der Waals surface area contributed by atoms with Gasteiger partial charge in [-0.15, -0.1) is 11.8 Å². The van der Waals surface area contributed by atoms with E-state index in [1.807, 2.05) is 67.6 Å². The zero-order chi connectivity index (χ0) is 34.1. The number of aliphatic carboxylic acids is 1. The van der Waals surface area contributed by atoms with Crippen molar-refractivity contribution in [2.24, 2.45) is 5.41 Å². The van der Waals surface area contributed by atoms with Crippen LogP contribution in [0.3, 0.4) is 0 Å². The molecule has 0 fully saturated rings. The minimum Gasteiger partial charge on any atom is -0.484 e. The third-order valence-electron chi connectivity index (χ3n) is 7.79. The molecule has 3 heterocycles. The maximum absolute atomic E-state index is 13.0. The molecule has 5 rings (SSSR count). The number of carbonyl (C=O) groups is 1. The van der Waals surface area contributed by atoms with Gasteiger partial charge in [0.05, 0.1) is 22.4 Å². The summed E-state index contributed by atoms with van der Waals surface area (Å²) in [6.07, 6.45) is -1.85. The van der Waals surface area contributed by atoms with E-state index in [0.717, 1.165) is 45.0 Å². The maximum Gasteiger partial charge on any atom is 0.417 e. The van der Waals surface area contributed by atoms with Gasteiger partial charge in [-0.3, -0.25) is 14.8 Å². The summed E-state index contributed by atoms with van der Waals surface area (Å²) < 4.78 is 47.4. The summed E-state index contributed by atoms with van der Waals surface area (Å²) >= 11 is 1.70. The Morgan fingerprint density at radius 1 is 0.957 bits per heavy atom. The van der Waals surface area contributed by atoms with Crippen molar-refractivity contribution >= 4 is 28.6 Å². The number of fused-ring (bicyclic) bond motifs is 1. The molecule has 47 heavy (non-hydrogen) atoms. The van der Waals surface area contributed by atoms with Gasteiger partial charge in [-0.05, 0) is 68.8 Å². The third kappa shape index (κ3) is 7.99. The van der Waals surface area contributed by atoms with Crippen LogP contribution in [0.15, 0.2) is 90.1 Å². The Balaban J connectivity index is 1.57. The highest BCUT2D eigenvalue weighted by Crippen LogP contribution is 2.44. The first-order valence-electron chi connectivity index (χ1n) is 15.3. The molecule has 1 atom stereocenters. The molecular weight excluding hydrogens is 623 g/mol. The van der Waals surface area contributed by atoms with Crippen molar-refractivity contribution in [1.29, 1.82) is 0 Å². The van der Waals surface area contributed by atoms with Crippen LogP contribution in [0, 0.1) is 5.41 Å². The number of carboxylic acid groups (broad SMARTS) is 1. The first-order chi connectivity index (χ1) is 22.0. The zero-order valence-electron chi connectivity index (χ0n) is 27.2. The van der Waals surface area contributed by atoms with Crippen molar-refractivity contribution in [3.05, 3.63) is 108 Å². The van der Waals surface area contributed by atoms with Gasteiger partial charge in [0.2, 0.25) is 0 Å². The molecule has 0 saturated heterocycles. The lowest BCUT2D eigenvalue weighted by Crippen LogP contribution is -2.28. The summed E-state index contributed by atoms with van der Waals surface area (Å²) in [6.45, 7) is 12.3. The maximum atomic E-state index is 13.0. The van der Waals surface area contributed by atoms with E-state index in [0.29, 0.717) is 30.0 Å². The van der Waals surface area contributed by atoms with Crippen LogP contribution in [0.5, 0.6) is 5.75 Å². The molecule has 0 radical (unpaired) electrons. The van der Waals surface area contributed by atoms with Gasteiger partial charge in [0, 0.05) is 57.2 Å². The zero-order valence-corrected chi connectivity index (χ0v) is 28.0. The van der Waals surface area contributed by atoms with Crippen LogP contribution in [-0.4, -0.2) is 30.4 Å². The summed E-state index contributed by atoms with van der Waals surface area (Å²) in [5.41, 5.74) is 2.92. The fourth-order valence-electron chi connectivity index (χ4n) is 5.28. The molecule has 0 unspecified atom stereocenters. The highest BCUT2D eigenvalue weighted by Gasteiger charge is 2.33. The summed E-state index contributed by atoms with van der Waals surface area (Å²) in [5, 5.41) is 11.1. The fourth-order valence-corrected chi connectivity index (χ4v) is 6.46. The molecule has 1 N–H and O–H groups in total. The van der Waals surface area contributed by atoms with Crippen LogP contribution in [0.1, 0.15) is 70.2 Å². The van der Waals surface area contributed by atoms with E-state index >= 15 is 0 Å². The number of pyridine rings is 2. The molecular formula is C37H38F3N3O3S. The lowest BCUT2D eigenvalue weighted by molar-refractivity contribution is -0.147. The standard InChI is InChI=1S/C37H38F3N3O3S/c1-23(29-9-7-8-18-41-29)46-27-15-17-31-28(19-27)33(47-35(2,3)4)32(20-36(5,6)34(44)45)43(31)22-24-10-12-25(13-11-24)30-16-14-26(21-42-30)37(38,39)40/h7-19,21,23H,20,22H2,1-6H3,(H,44,45)/t23-/m1/s1. The van der Waals surface area contributed by atoms with Gasteiger partial charge >= 0.3 is 12.1 Å². The fraction of sp³-hybridized carbons (Fsp3) is 0.324. The molecule has 0 amide bonds. The number of nitrogens with zero attached hydrogens (tertiary/aromatic N) is 3. The van der Waals surface area contributed by atoms with Crippen LogP contribution in [0.25, 0.3) is 22.2 Å². The SMILES string of the molecule is C[C@@H](Oc1ccc2c(c1)c(SC(C)(C)C)c(CC(C)(C)C(=O)O)n2Cc1ccc(-c2ccc(C(F)(F)F)cn2)cc1)c1ccccn1. The summed E-state index contributed by atoms with van der Waals surface area (Å²) in [4.78, 5) is 21.8. The predicted octanol–water partition coefficient (Wildman–Crippen LogP) is 9.85. The van der Waals surface area contributed by atoms with Crippen molar-refractivity contribution in [2.45, 2.75) is 76.4 Å². The first-order valence-corrected chi connectivity index (χ1v) is 16.1. The molecule has 0 saturated carbocycles. The molecule has 0 spiro atoms. The van der Waals surface area contributed by atoms with Crippen LogP contribution >= 0.6 is 11.8 Å². The first kappa shape index (κ1) is 34.0. The van der Waals surface area contributed by atoms with Gasteiger partial charge in [-0.1, -0.05) is 51.1 Å². The number of hydrogen-bond acceptors (Lipinski definition) is 5. The second kappa shape index (κ2) is 13.1. The number of ether oxygens (including phenoxy) is 1. The molecule has 0 aliphatic carbocycles.